The number of nitrogens with one attached hydrogen (secondary N) is 1. The summed E-state index contributed by atoms with van der Waals surface area (Å²) in [6.45, 7) is 0. The summed E-state index contributed by atoms with van der Waals surface area (Å²) in [7, 11) is 0. The molecule has 0 bridgehead atoms. The Morgan fingerprint density at radius 1 is 1.13 bits per heavy atom. The highest BCUT2D eigenvalue weighted by atomic mass is 32.2. The first-order valence-electron chi connectivity index (χ1n) is 6.62. The predicted octanol–water partition coefficient (Wildman–Crippen LogP) is 2.38. The Morgan fingerprint density at radius 2 is 1.74 bits per heavy atom. The van der Waals surface area contributed by atoms with Crippen LogP contribution >= 0.6 is 11.9 Å². The van der Waals surface area contributed by atoms with Gasteiger partial charge in [0.05, 0.1) is 4.92 Å². The molecule has 0 radical (unpaired) electrons. The second-order valence-corrected chi connectivity index (χ2v) is 5.50. The number of nitrogens with zero attached hydrogens (tertiary/aromatic N) is 1. The van der Waals surface area contributed by atoms with Gasteiger partial charge in [-0.05, 0) is 23.6 Å². The van der Waals surface area contributed by atoms with Crippen LogP contribution in [0.5, 0.6) is 0 Å². The third-order valence-electron chi connectivity index (χ3n) is 3.08. The smallest absolute Gasteiger partial charge is 0.324 e. The maximum absolute atomic E-state index is 11.4. The maximum atomic E-state index is 11.4. The molecule has 0 amide bonds. The topological polar surface area (TPSA) is 113 Å². The van der Waals surface area contributed by atoms with Crippen LogP contribution in [0.2, 0.25) is 0 Å². The molecule has 3 N–H and O–H groups in total. The fourth-order valence-electron chi connectivity index (χ4n) is 1.91. The van der Waals surface area contributed by atoms with Crippen molar-refractivity contribution in [1.82, 2.24) is 4.72 Å². The van der Waals surface area contributed by atoms with Crippen molar-refractivity contribution < 1.29 is 19.9 Å². The lowest BCUT2D eigenvalue weighted by molar-refractivity contribution is -0.387. The van der Waals surface area contributed by atoms with E-state index >= 15 is 0 Å². The fourth-order valence-corrected chi connectivity index (χ4v) is 2.79. The average molecular weight is 334 g/mol. The van der Waals surface area contributed by atoms with Crippen LogP contribution < -0.4 is 4.72 Å². The van der Waals surface area contributed by atoms with E-state index in [1.165, 1.54) is 18.2 Å². The van der Waals surface area contributed by atoms with Crippen molar-refractivity contribution in [3.63, 3.8) is 0 Å². The van der Waals surface area contributed by atoms with Gasteiger partial charge in [0.2, 0.25) is 0 Å². The van der Waals surface area contributed by atoms with E-state index < -0.39 is 23.0 Å². The SMILES string of the molecule is O=C(O)[C@@H](NSc1ccccc1[N+](=O)[O-])[C@@H](O)c1ccccc1. The number of nitro groups is 1. The number of carbonyl (C=O) groups is 1. The number of aliphatic hydroxyl groups excluding tert-OH is 1. The van der Waals surface area contributed by atoms with Crippen LogP contribution in [-0.2, 0) is 4.79 Å². The van der Waals surface area contributed by atoms with Gasteiger partial charge < -0.3 is 10.2 Å². The van der Waals surface area contributed by atoms with Gasteiger partial charge in [-0.25, -0.2) is 4.72 Å². The summed E-state index contributed by atoms with van der Waals surface area (Å²) in [6, 6.07) is 13.0. The molecule has 23 heavy (non-hydrogen) atoms. The van der Waals surface area contributed by atoms with E-state index in [9.17, 15) is 25.1 Å². The lowest BCUT2D eigenvalue weighted by Gasteiger charge is -2.20. The normalized spacial score (nSPS) is 13.3. The number of nitro benzene ring substituents is 1. The van der Waals surface area contributed by atoms with Gasteiger partial charge in [-0.15, -0.1) is 0 Å². The number of para-hydroxylation sites is 1. The van der Waals surface area contributed by atoms with E-state index in [1.54, 1.807) is 36.4 Å². The van der Waals surface area contributed by atoms with Gasteiger partial charge in [0.15, 0.2) is 0 Å². The van der Waals surface area contributed by atoms with Crippen molar-refractivity contribution in [2.24, 2.45) is 0 Å². The van der Waals surface area contributed by atoms with Crippen molar-refractivity contribution in [1.29, 1.82) is 0 Å². The number of carboxylic acids is 1. The minimum absolute atomic E-state index is 0.136. The number of carboxylic acid groups (broad SMARTS) is 1. The quantitative estimate of drug-likeness (QED) is 0.405. The molecule has 0 unspecified atom stereocenters. The highest BCUT2D eigenvalue weighted by molar-refractivity contribution is 7.97. The maximum Gasteiger partial charge on any atom is 0.324 e. The van der Waals surface area contributed by atoms with E-state index in [2.05, 4.69) is 4.72 Å². The Morgan fingerprint density at radius 3 is 2.35 bits per heavy atom. The zero-order valence-corrected chi connectivity index (χ0v) is 12.6. The fraction of sp³-hybridized carbons (Fsp3) is 0.133. The van der Waals surface area contributed by atoms with Gasteiger partial charge in [0.1, 0.15) is 17.0 Å². The van der Waals surface area contributed by atoms with E-state index in [0.717, 1.165) is 11.9 Å². The summed E-state index contributed by atoms with van der Waals surface area (Å²) in [5, 5.41) is 30.5. The molecule has 0 spiro atoms. The molecule has 2 atom stereocenters. The second-order valence-electron chi connectivity index (χ2n) is 4.62. The molecule has 0 aromatic heterocycles. The van der Waals surface area contributed by atoms with Crippen LogP contribution in [0.15, 0.2) is 59.5 Å². The largest absolute Gasteiger partial charge is 0.480 e. The first-order valence-corrected chi connectivity index (χ1v) is 7.44. The van der Waals surface area contributed by atoms with Crippen LogP contribution in [0, 0.1) is 10.1 Å². The van der Waals surface area contributed by atoms with Crippen molar-refractivity contribution in [2.75, 3.05) is 0 Å². The van der Waals surface area contributed by atoms with E-state index in [0.29, 0.717) is 5.56 Å². The Hall–Kier alpha value is -2.42. The number of aliphatic carboxylic acids is 1. The second kappa shape index (κ2) is 7.73. The Balaban J connectivity index is 2.15. The predicted molar refractivity (Wildman–Crippen MR) is 84.9 cm³/mol. The molecule has 120 valence electrons. The third-order valence-corrected chi connectivity index (χ3v) is 4.02. The molecule has 2 aromatic rings. The van der Waals surface area contributed by atoms with Crippen LogP contribution in [0.25, 0.3) is 0 Å². The molecule has 0 aliphatic heterocycles. The number of rotatable bonds is 7. The standard InChI is InChI=1S/C15H14N2O5S/c18-14(10-6-2-1-3-7-10)13(15(19)20)16-23-12-9-5-4-8-11(12)17(21)22/h1-9,13-14,16,18H,(H,19,20)/t13-,14-/m0/s1. The number of hydrogen-bond donors (Lipinski definition) is 3. The van der Waals surface area contributed by atoms with Gasteiger partial charge in [-0.1, -0.05) is 42.5 Å². The van der Waals surface area contributed by atoms with Crippen molar-refractivity contribution in [2.45, 2.75) is 17.0 Å². The molecule has 0 aliphatic carbocycles. The summed E-state index contributed by atoms with van der Waals surface area (Å²) in [4.78, 5) is 22.1. The van der Waals surface area contributed by atoms with Crippen molar-refractivity contribution in [3.05, 3.63) is 70.3 Å². The molecule has 0 saturated carbocycles. The molecule has 0 fully saturated rings. The number of benzene rings is 2. The average Bonchev–Trinajstić information content (AvgIpc) is 2.55. The highest BCUT2D eigenvalue weighted by Crippen LogP contribution is 2.28. The van der Waals surface area contributed by atoms with Crippen molar-refractivity contribution in [3.8, 4) is 0 Å². The number of hydrogen-bond acceptors (Lipinski definition) is 6. The van der Waals surface area contributed by atoms with E-state index in [4.69, 9.17) is 0 Å². The molecule has 0 saturated heterocycles. The minimum atomic E-state index is -1.32. The van der Waals surface area contributed by atoms with Gasteiger partial charge >= 0.3 is 5.97 Å². The molecule has 8 heteroatoms. The molecule has 0 heterocycles. The summed E-state index contributed by atoms with van der Waals surface area (Å²) in [5.41, 5.74) is 0.305. The molecule has 2 aromatic carbocycles. The van der Waals surface area contributed by atoms with Crippen LogP contribution in [0.3, 0.4) is 0 Å². The summed E-state index contributed by atoms with van der Waals surface area (Å²) >= 11 is 0.802. The Labute approximate surface area is 136 Å². The molecular weight excluding hydrogens is 320 g/mol. The molecular formula is C15H14N2O5S. The molecule has 0 aliphatic rings. The van der Waals surface area contributed by atoms with E-state index in [-0.39, 0.29) is 10.6 Å². The van der Waals surface area contributed by atoms with Crippen LogP contribution in [0.1, 0.15) is 11.7 Å². The van der Waals surface area contributed by atoms with Gasteiger partial charge in [-0.2, -0.15) is 0 Å². The van der Waals surface area contributed by atoms with Crippen molar-refractivity contribution >= 4 is 23.6 Å². The van der Waals surface area contributed by atoms with Gasteiger partial charge in [0.25, 0.3) is 5.69 Å². The summed E-state index contributed by atoms with van der Waals surface area (Å²) < 4.78 is 2.59. The number of aliphatic hydroxyl groups is 1. The molecule has 7 nitrogen and oxygen atoms in total. The van der Waals surface area contributed by atoms with E-state index in [1.807, 2.05) is 0 Å². The van der Waals surface area contributed by atoms with Crippen LogP contribution in [0.4, 0.5) is 5.69 Å². The van der Waals surface area contributed by atoms with Gasteiger partial charge in [0, 0.05) is 6.07 Å². The molecule has 2 rings (SSSR count). The zero-order chi connectivity index (χ0) is 16.8. The van der Waals surface area contributed by atoms with Crippen LogP contribution in [-0.4, -0.2) is 27.1 Å². The minimum Gasteiger partial charge on any atom is -0.480 e. The first-order chi connectivity index (χ1) is 11.0. The first kappa shape index (κ1) is 16.9. The zero-order valence-electron chi connectivity index (χ0n) is 11.8. The highest BCUT2D eigenvalue weighted by Gasteiger charge is 2.28. The Bertz CT molecular complexity index is 695. The Kier molecular flexibility index (Phi) is 5.69. The monoisotopic (exact) mass is 334 g/mol. The summed E-state index contributed by atoms with van der Waals surface area (Å²) in [5.74, 6) is -1.26. The summed E-state index contributed by atoms with van der Waals surface area (Å²) in [6.07, 6.45) is -1.29. The third kappa shape index (κ3) is 4.28. The lowest BCUT2D eigenvalue weighted by atomic mass is 10.0. The van der Waals surface area contributed by atoms with Gasteiger partial charge in [-0.3, -0.25) is 14.9 Å². The lowest BCUT2D eigenvalue weighted by Crippen LogP contribution is -2.38.